The van der Waals surface area contributed by atoms with Gasteiger partial charge in [0.05, 0.1) is 6.10 Å². The molecule has 0 radical (unpaired) electrons. The van der Waals surface area contributed by atoms with Gasteiger partial charge in [-0.05, 0) is 72.8 Å². The standard InChI is InChI=1S/C28H44O3/c1-18(2)9-7-10-20(4)25-21(5)28(30,31)26-22(11-8-16-27(25,26)6)13-14-23-17-24(29)15-12-19(23)3/h13-14,18,20,24-26,29-31H,3,5,7-12,15-17H2,1-2,4,6H3/b22-13+,23-14+/t20-,24+,25+,26+,27-/m1/s1. The molecule has 3 saturated carbocycles. The molecular formula is C28H44O3. The number of aliphatic hydroxyl groups excluding tert-OH is 1. The summed E-state index contributed by atoms with van der Waals surface area (Å²) >= 11 is 0. The SMILES string of the molecule is C=C1CC[C@H](O)C/C1=C\C=C1/CCC[C@]2(C)[C@@H]([C@H](C)CCCC(C)C)C(=C)C(O)(O)[C@@H]12. The van der Waals surface area contributed by atoms with Gasteiger partial charge in [0.25, 0.3) is 0 Å². The first-order valence-corrected chi connectivity index (χ1v) is 12.4. The second-order valence-corrected chi connectivity index (χ2v) is 11.3. The smallest absolute Gasteiger partial charge is 0.192 e. The average Bonchev–Trinajstić information content (AvgIpc) is 2.84. The van der Waals surface area contributed by atoms with E-state index in [0.29, 0.717) is 23.8 Å². The van der Waals surface area contributed by atoms with Crippen LogP contribution in [0.5, 0.6) is 0 Å². The van der Waals surface area contributed by atoms with Gasteiger partial charge in [0.2, 0.25) is 0 Å². The Hall–Kier alpha value is -1.16. The molecule has 0 aromatic carbocycles. The van der Waals surface area contributed by atoms with E-state index in [4.69, 9.17) is 0 Å². The van der Waals surface area contributed by atoms with Crippen molar-refractivity contribution in [2.45, 2.75) is 97.4 Å². The maximum Gasteiger partial charge on any atom is 0.192 e. The Labute approximate surface area is 189 Å². The van der Waals surface area contributed by atoms with Gasteiger partial charge in [0, 0.05) is 5.92 Å². The Morgan fingerprint density at radius 2 is 1.81 bits per heavy atom. The average molecular weight is 429 g/mol. The van der Waals surface area contributed by atoms with Crippen LogP contribution in [0.25, 0.3) is 0 Å². The largest absolute Gasteiger partial charge is 0.393 e. The number of hydrogen-bond donors (Lipinski definition) is 3. The van der Waals surface area contributed by atoms with Gasteiger partial charge < -0.3 is 15.3 Å². The zero-order chi connectivity index (χ0) is 23.0. The molecule has 0 unspecified atom stereocenters. The molecule has 0 heterocycles. The number of fused-ring (bicyclic) bond motifs is 1. The van der Waals surface area contributed by atoms with E-state index in [1.807, 2.05) is 0 Å². The highest BCUT2D eigenvalue weighted by Gasteiger charge is 2.63. The summed E-state index contributed by atoms with van der Waals surface area (Å²) in [5, 5.41) is 32.6. The van der Waals surface area contributed by atoms with Crippen LogP contribution in [0.15, 0.2) is 47.6 Å². The molecule has 3 aliphatic rings. The van der Waals surface area contributed by atoms with Crippen LogP contribution in [0, 0.1) is 29.1 Å². The fourth-order valence-electron chi connectivity index (χ4n) is 6.83. The summed E-state index contributed by atoms with van der Waals surface area (Å²) in [7, 11) is 0. The van der Waals surface area contributed by atoms with Crippen LogP contribution in [-0.2, 0) is 0 Å². The third-order valence-corrected chi connectivity index (χ3v) is 8.37. The van der Waals surface area contributed by atoms with Gasteiger partial charge in [0.1, 0.15) is 0 Å². The number of allylic oxidation sites excluding steroid dienone is 3. The van der Waals surface area contributed by atoms with Gasteiger partial charge in [-0.1, -0.05) is 83.4 Å². The van der Waals surface area contributed by atoms with Crippen molar-refractivity contribution < 1.29 is 15.3 Å². The Morgan fingerprint density at radius 1 is 1.10 bits per heavy atom. The third kappa shape index (κ3) is 4.79. The molecule has 0 aromatic heterocycles. The molecule has 3 N–H and O–H groups in total. The van der Waals surface area contributed by atoms with Crippen molar-refractivity contribution >= 4 is 0 Å². The lowest BCUT2D eigenvalue weighted by molar-refractivity contribution is -0.165. The highest BCUT2D eigenvalue weighted by molar-refractivity contribution is 5.40. The summed E-state index contributed by atoms with van der Waals surface area (Å²) in [6.45, 7) is 17.5. The lowest BCUT2D eigenvalue weighted by Gasteiger charge is -2.44. The van der Waals surface area contributed by atoms with Crippen LogP contribution in [-0.4, -0.2) is 27.2 Å². The summed E-state index contributed by atoms with van der Waals surface area (Å²) in [6.07, 6.45) is 12.5. The lowest BCUT2D eigenvalue weighted by atomic mass is 9.60. The molecule has 0 aliphatic heterocycles. The van der Waals surface area contributed by atoms with E-state index in [-0.39, 0.29) is 23.4 Å². The molecule has 31 heavy (non-hydrogen) atoms. The summed E-state index contributed by atoms with van der Waals surface area (Å²) < 4.78 is 0. The lowest BCUT2D eigenvalue weighted by Crippen LogP contribution is -2.43. The number of aliphatic hydroxyl groups is 3. The zero-order valence-corrected chi connectivity index (χ0v) is 20.2. The molecule has 0 bridgehead atoms. The van der Waals surface area contributed by atoms with Gasteiger partial charge in [-0.2, -0.15) is 0 Å². The summed E-state index contributed by atoms with van der Waals surface area (Å²) in [6, 6.07) is 0. The van der Waals surface area contributed by atoms with Crippen LogP contribution in [0.2, 0.25) is 0 Å². The van der Waals surface area contributed by atoms with Crippen molar-refractivity contribution in [1.82, 2.24) is 0 Å². The number of hydrogen-bond acceptors (Lipinski definition) is 3. The van der Waals surface area contributed by atoms with Crippen LogP contribution >= 0.6 is 0 Å². The summed E-state index contributed by atoms with van der Waals surface area (Å²) in [4.78, 5) is 0. The minimum Gasteiger partial charge on any atom is -0.393 e. The van der Waals surface area contributed by atoms with E-state index in [0.717, 1.165) is 55.2 Å². The van der Waals surface area contributed by atoms with Gasteiger partial charge >= 0.3 is 0 Å². The van der Waals surface area contributed by atoms with Gasteiger partial charge in [-0.3, -0.25) is 0 Å². The van der Waals surface area contributed by atoms with Crippen molar-refractivity contribution in [3.63, 3.8) is 0 Å². The van der Waals surface area contributed by atoms with Crippen LogP contribution < -0.4 is 0 Å². The third-order valence-electron chi connectivity index (χ3n) is 8.37. The zero-order valence-electron chi connectivity index (χ0n) is 20.2. The first-order valence-electron chi connectivity index (χ1n) is 12.4. The van der Waals surface area contributed by atoms with E-state index >= 15 is 0 Å². The van der Waals surface area contributed by atoms with Crippen molar-refractivity contribution in [1.29, 1.82) is 0 Å². The normalized spacial score (nSPS) is 37.0. The minimum absolute atomic E-state index is 0.113. The second kappa shape index (κ2) is 9.37. The summed E-state index contributed by atoms with van der Waals surface area (Å²) in [5.41, 5.74) is 3.71. The van der Waals surface area contributed by atoms with Gasteiger partial charge in [0.15, 0.2) is 5.79 Å². The van der Waals surface area contributed by atoms with E-state index in [2.05, 4.69) is 53.0 Å². The molecular weight excluding hydrogens is 384 g/mol. The molecule has 3 fully saturated rings. The molecule has 0 amide bonds. The summed E-state index contributed by atoms with van der Waals surface area (Å²) in [5.74, 6) is -0.993. The monoisotopic (exact) mass is 428 g/mol. The van der Waals surface area contributed by atoms with Crippen molar-refractivity contribution in [3.8, 4) is 0 Å². The maximum atomic E-state index is 11.3. The molecule has 174 valence electrons. The molecule has 3 nitrogen and oxygen atoms in total. The maximum absolute atomic E-state index is 11.3. The van der Waals surface area contributed by atoms with Crippen LogP contribution in [0.1, 0.15) is 85.5 Å². The molecule has 3 aliphatic carbocycles. The van der Waals surface area contributed by atoms with Gasteiger partial charge in [-0.25, -0.2) is 0 Å². The molecule has 3 heteroatoms. The highest BCUT2D eigenvalue weighted by atomic mass is 16.5. The molecule has 0 spiro atoms. The molecule has 3 rings (SSSR count). The van der Waals surface area contributed by atoms with Crippen molar-refractivity contribution in [2.75, 3.05) is 0 Å². The first-order chi connectivity index (χ1) is 14.5. The predicted octanol–water partition coefficient (Wildman–Crippen LogP) is 6.08. The van der Waals surface area contributed by atoms with Crippen LogP contribution in [0.3, 0.4) is 0 Å². The Morgan fingerprint density at radius 3 is 2.48 bits per heavy atom. The highest BCUT2D eigenvalue weighted by Crippen LogP contribution is 2.64. The first kappa shape index (κ1) is 24.5. The second-order valence-electron chi connectivity index (χ2n) is 11.3. The topological polar surface area (TPSA) is 60.7 Å². The minimum atomic E-state index is -1.86. The fourth-order valence-corrected chi connectivity index (χ4v) is 6.83. The Kier molecular flexibility index (Phi) is 7.40. The molecule has 0 aromatic rings. The number of rotatable bonds is 6. The van der Waals surface area contributed by atoms with E-state index < -0.39 is 5.79 Å². The quantitative estimate of drug-likeness (QED) is 0.355. The Balaban J connectivity index is 1.89. The van der Waals surface area contributed by atoms with Gasteiger partial charge in [-0.15, -0.1) is 0 Å². The fraction of sp³-hybridized carbons (Fsp3) is 0.714. The predicted molar refractivity (Wildman–Crippen MR) is 128 cm³/mol. The van der Waals surface area contributed by atoms with E-state index in [1.165, 1.54) is 12.8 Å². The Bertz CT molecular complexity index is 756. The van der Waals surface area contributed by atoms with E-state index in [1.54, 1.807) is 0 Å². The molecule has 0 saturated heterocycles. The molecule has 5 atom stereocenters. The van der Waals surface area contributed by atoms with Crippen molar-refractivity contribution in [3.05, 3.63) is 47.6 Å². The van der Waals surface area contributed by atoms with Crippen molar-refractivity contribution in [2.24, 2.45) is 29.1 Å². The van der Waals surface area contributed by atoms with E-state index in [9.17, 15) is 15.3 Å². The van der Waals surface area contributed by atoms with Crippen LogP contribution in [0.4, 0.5) is 0 Å².